The van der Waals surface area contributed by atoms with Crippen LogP contribution >= 0.6 is 0 Å². The number of hydrogen-bond donors (Lipinski definition) is 4. The first kappa shape index (κ1) is 49.5. The SMILES string of the molecule is CCC(C)C(=O)OCCCCCCOc1ccc(C(=O)Oc2ccc(N=Nc3ccc(-c4ccc(N=Nc5ccc(O)c(C(F)(F)F)c5)cc4NS(=O)O)c(S(N)(=O)=O)c3)cc2C)cc1. The Morgan fingerprint density at radius 3 is 1.97 bits per heavy atom. The molecule has 0 radical (unpaired) electrons. The summed E-state index contributed by atoms with van der Waals surface area (Å²) in [7, 11) is -4.46. The van der Waals surface area contributed by atoms with Crippen molar-refractivity contribution in [3.8, 4) is 28.4 Å². The highest BCUT2D eigenvalue weighted by Gasteiger charge is 2.34. The second kappa shape index (κ2) is 22.4. The molecule has 0 aromatic heterocycles. The van der Waals surface area contributed by atoms with Crippen molar-refractivity contribution < 1.29 is 59.3 Å². The van der Waals surface area contributed by atoms with Crippen molar-refractivity contribution in [3.05, 3.63) is 114 Å². The predicted molar refractivity (Wildman–Crippen MR) is 236 cm³/mol. The monoisotopic (exact) mass is 938 g/mol. The van der Waals surface area contributed by atoms with Crippen molar-refractivity contribution in [2.45, 2.75) is 63.9 Å². The van der Waals surface area contributed by atoms with Gasteiger partial charge in [0.25, 0.3) is 11.3 Å². The summed E-state index contributed by atoms with van der Waals surface area (Å²) in [5.41, 5.74) is -0.397. The number of nitrogens with one attached hydrogen (secondary N) is 1. The number of anilines is 1. The molecule has 21 heteroatoms. The Labute approximate surface area is 375 Å². The van der Waals surface area contributed by atoms with E-state index in [1.807, 2.05) is 13.8 Å². The topological polar surface area (TPSA) is 241 Å². The molecule has 5 aromatic rings. The van der Waals surface area contributed by atoms with Crippen LogP contribution in [0.15, 0.2) is 122 Å². The highest BCUT2D eigenvalue weighted by molar-refractivity contribution is 7.89. The van der Waals surface area contributed by atoms with Crippen molar-refractivity contribution in [1.29, 1.82) is 0 Å². The number of phenols is 1. The van der Waals surface area contributed by atoms with E-state index in [9.17, 15) is 45.0 Å². The number of primary sulfonamides is 1. The molecule has 5 rings (SSSR count). The van der Waals surface area contributed by atoms with Gasteiger partial charge in [0, 0.05) is 11.1 Å². The Kier molecular flexibility index (Phi) is 17.0. The lowest BCUT2D eigenvalue weighted by Crippen LogP contribution is -2.14. The first-order valence-electron chi connectivity index (χ1n) is 20.0. The Bertz CT molecular complexity index is 2700. The molecule has 0 aliphatic rings. The van der Waals surface area contributed by atoms with E-state index >= 15 is 0 Å². The number of phenolic OH excluding ortho intramolecular Hbond substituents is 1. The molecule has 2 atom stereocenters. The summed E-state index contributed by atoms with van der Waals surface area (Å²) < 4.78 is 106. The standard InChI is InChI=1S/C44H45F3N6O10S2/c1-4-27(2)42(55)62-22-8-6-5-7-21-61-34-15-9-29(10-16-34)43(56)63-40-20-14-30(23-28(40)3)49-52-33-12-18-36(41(26-33)65(48,59)60)35-17-11-32(25-38(35)53-64(57)58)51-50-31-13-19-39(54)37(24-31)44(45,46)47/h9-20,23-27,53-54H,4-8,21-22H2,1-3H3,(H,57,58)(H2,48,59,60). The van der Waals surface area contributed by atoms with Crippen molar-refractivity contribution in [2.24, 2.45) is 31.5 Å². The van der Waals surface area contributed by atoms with Gasteiger partial charge in [-0.15, -0.1) is 0 Å². The maximum atomic E-state index is 13.2. The maximum Gasteiger partial charge on any atom is 0.420 e. The van der Waals surface area contributed by atoms with Crippen LogP contribution in [0, 0.1) is 12.8 Å². The summed E-state index contributed by atoms with van der Waals surface area (Å²) >= 11 is -2.67. The number of carbonyl (C=O) groups excluding carboxylic acids is 2. The third kappa shape index (κ3) is 14.5. The van der Waals surface area contributed by atoms with Crippen LogP contribution in [0.4, 0.5) is 41.6 Å². The summed E-state index contributed by atoms with van der Waals surface area (Å²) in [6.45, 7) is 6.40. The molecular weight excluding hydrogens is 894 g/mol. The number of esters is 2. The van der Waals surface area contributed by atoms with Crippen LogP contribution in [0.25, 0.3) is 11.1 Å². The number of ether oxygens (including phenoxy) is 3. The molecular formula is C44H45F3N6O10S2. The average Bonchev–Trinajstić information content (AvgIpc) is 3.26. The number of benzene rings is 5. The van der Waals surface area contributed by atoms with Crippen LogP contribution in [0.2, 0.25) is 0 Å². The molecule has 0 saturated heterocycles. The fourth-order valence-corrected chi connectivity index (χ4v) is 7.10. The Balaban J connectivity index is 1.21. The second-order valence-electron chi connectivity index (χ2n) is 14.5. The van der Waals surface area contributed by atoms with Crippen LogP contribution in [-0.4, -0.2) is 47.4 Å². The van der Waals surface area contributed by atoms with Crippen LogP contribution in [0.1, 0.15) is 67.4 Å². The molecule has 0 heterocycles. The number of hydrogen-bond acceptors (Lipinski definition) is 13. The molecule has 0 aliphatic heterocycles. The third-order valence-electron chi connectivity index (χ3n) is 9.63. The number of nitrogens with zero attached hydrogens (tertiary/aromatic N) is 4. The van der Waals surface area contributed by atoms with Gasteiger partial charge in [-0.3, -0.25) is 14.1 Å². The minimum Gasteiger partial charge on any atom is -0.507 e. The number of rotatable bonds is 20. The number of halogens is 3. The van der Waals surface area contributed by atoms with E-state index < -0.39 is 49.6 Å². The van der Waals surface area contributed by atoms with Crippen LogP contribution in [0.3, 0.4) is 0 Å². The fraction of sp³-hybridized carbons (Fsp3) is 0.273. The number of sulfonamides is 1. The van der Waals surface area contributed by atoms with E-state index in [-0.39, 0.29) is 51.5 Å². The molecule has 2 unspecified atom stereocenters. The minimum absolute atomic E-state index is 0.00350. The van der Waals surface area contributed by atoms with E-state index in [0.29, 0.717) is 41.8 Å². The quantitative estimate of drug-likeness (QED) is 0.0189. The van der Waals surface area contributed by atoms with Gasteiger partial charge in [-0.1, -0.05) is 26.0 Å². The molecule has 5 N–H and O–H groups in total. The van der Waals surface area contributed by atoms with Gasteiger partial charge < -0.3 is 19.3 Å². The normalized spacial score (nSPS) is 12.9. The van der Waals surface area contributed by atoms with Gasteiger partial charge in [0.1, 0.15) is 17.2 Å². The van der Waals surface area contributed by atoms with E-state index in [0.717, 1.165) is 50.3 Å². The Morgan fingerprint density at radius 2 is 1.37 bits per heavy atom. The lowest BCUT2D eigenvalue weighted by Gasteiger charge is -2.14. The molecule has 0 bridgehead atoms. The van der Waals surface area contributed by atoms with Gasteiger partial charge in [0.05, 0.1) is 63.6 Å². The maximum absolute atomic E-state index is 13.2. The van der Waals surface area contributed by atoms with Gasteiger partial charge in [-0.05, 0) is 130 Å². The van der Waals surface area contributed by atoms with E-state index in [1.54, 1.807) is 37.3 Å². The van der Waals surface area contributed by atoms with E-state index in [2.05, 4.69) is 25.2 Å². The fourth-order valence-electron chi connectivity index (χ4n) is 5.97. The molecule has 0 spiro atoms. The van der Waals surface area contributed by atoms with Gasteiger partial charge in [0.2, 0.25) is 10.0 Å². The molecule has 344 valence electrons. The number of aryl methyl sites for hydroxylation is 1. The molecule has 0 fully saturated rings. The van der Waals surface area contributed by atoms with E-state index in [1.165, 1.54) is 42.5 Å². The lowest BCUT2D eigenvalue weighted by molar-refractivity contribution is -0.148. The molecule has 65 heavy (non-hydrogen) atoms. The van der Waals surface area contributed by atoms with Gasteiger partial charge >= 0.3 is 18.1 Å². The summed E-state index contributed by atoms with van der Waals surface area (Å²) in [5, 5.41) is 31.1. The summed E-state index contributed by atoms with van der Waals surface area (Å²) in [5.74, 6) is -0.987. The lowest BCUT2D eigenvalue weighted by atomic mass is 10.0. The van der Waals surface area contributed by atoms with E-state index in [4.69, 9.17) is 19.3 Å². The van der Waals surface area contributed by atoms with Crippen LogP contribution < -0.4 is 19.3 Å². The zero-order chi connectivity index (χ0) is 47.3. The molecule has 0 aliphatic carbocycles. The van der Waals surface area contributed by atoms with Crippen LogP contribution in [-0.2, 0) is 37.0 Å². The zero-order valence-corrected chi connectivity index (χ0v) is 36.9. The highest BCUT2D eigenvalue weighted by Crippen LogP contribution is 2.40. The average molecular weight is 939 g/mol. The molecule has 0 amide bonds. The molecule has 0 saturated carbocycles. The third-order valence-corrected chi connectivity index (χ3v) is 11.0. The minimum atomic E-state index is -4.86. The number of aromatic hydroxyl groups is 1. The van der Waals surface area contributed by atoms with Crippen molar-refractivity contribution in [2.75, 3.05) is 17.9 Å². The van der Waals surface area contributed by atoms with Gasteiger partial charge in [0.15, 0.2) is 0 Å². The Hall–Kier alpha value is -6.55. The van der Waals surface area contributed by atoms with Crippen LogP contribution in [0.5, 0.6) is 17.2 Å². The summed E-state index contributed by atoms with van der Waals surface area (Å²) in [6, 6.07) is 21.5. The van der Waals surface area contributed by atoms with Crippen molar-refractivity contribution in [1.82, 2.24) is 0 Å². The zero-order valence-electron chi connectivity index (χ0n) is 35.2. The smallest absolute Gasteiger partial charge is 0.420 e. The Morgan fingerprint density at radius 1 is 0.800 bits per heavy atom. The van der Waals surface area contributed by atoms with Crippen molar-refractivity contribution in [3.63, 3.8) is 0 Å². The molecule has 16 nitrogen and oxygen atoms in total. The number of azo groups is 2. The molecule has 5 aromatic carbocycles. The van der Waals surface area contributed by atoms with Gasteiger partial charge in [-0.25, -0.2) is 22.6 Å². The van der Waals surface area contributed by atoms with Crippen molar-refractivity contribution >= 4 is 61.7 Å². The first-order chi connectivity index (χ1) is 30.8. The van der Waals surface area contributed by atoms with Gasteiger partial charge in [-0.2, -0.15) is 33.6 Å². The largest absolute Gasteiger partial charge is 0.507 e. The second-order valence-corrected chi connectivity index (χ2v) is 16.7. The summed E-state index contributed by atoms with van der Waals surface area (Å²) in [6.07, 6.45) is -0.668. The highest BCUT2D eigenvalue weighted by atomic mass is 32.2. The number of unbranched alkanes of at least 4 members (excludes halogenated alkanes) is 3. The summed E-state index contributed by atoms with van der Waals surface area (Å²) in [4.78, 5) is 24.3. The first-order valence-corrected chi connectivity index (χ1v) is 22.6. The number of carbonyl (C=O) groups is 2. The number of alkyl halides is 3. The number of nitrogens with two attached hydrogens (primary N) is 1. The predicted octanol–water partition coefficient (Wildman–Crippen LogP) is 11.2.